The first-order chi connectivity index (χ1) is 15.4. The Morgan fingerprint density at radius 3 is 2.62 bits per heavy atom. The fraction of sp³-hybridized carbons (Fsp3) is 0.458. The van der Waals surface area contributed by atoms with Crippen LogP contribution < -0.4 is 9.80 Å². The zero-order chi connectivity index (χ0) is 22.0. The zero-order valence-electron chi connectivity index (χ0n) is 18.3. The number of nitrogens with zero attached hydrogens (tertiary/aromatic N) is 5. The average molecular weight is 452 g/mol. The van der Waals surface area contributed by atoms with Gasteiger partial charge in [0.05, 0.1) is 55.3 Å². The molecule has 2 amide bonds. The molecule has 1 spiro atoms. The number of pyridine rings is 1. The van der Waals surface area contributed by atoms with Crippen molar-refractivity contribution in [2.45, 2.75) is 26.4 Å². The zero-order valence-corrected chi connectivity index (χ0v) is 19.0. The van der Waals surface area contributed by atoms with Gasteiger partial charge in [0.25, 0.3) is 0 Å². The number of carbonyl (C=O) groups is 1. The van der Waals surface area contributed by atoms with Crippen LogP contribution in [0.2, 0.25) is 5.02 Å². The topological polar surface area (TPSA) is 61.3 Å². The highest BCUT2D eigenvalue weighted by Gasteiger charge is 2.49. The number of hydrogen-bond acceptors (Lipinski definition) is 5. The second-order valence-electron chi connectivity index (χ2n) is 9.78. The average Bonchev–Trinajstić information content (AvgIpc) is 3.17. The lowest BCUT2D eigenvalue weighted by Gasteiger charge is -2.56. The highest BCUT2D eigenvalue weighted by molar-refractivity contribution is 6.30. The molecule has 1 unspecified atom stereocenters. The van der Waals surface area contributed by atoms with E-state index < -0.39 is 0 Å². The molecule has 4 aliphatic rings. The fourth-order valence-electron chi connectivity index (χ4n) is 4.95. The van der Waals surface area contributed by atoms with E-state index in [1.54, 1.807) is 4.90 Å². The van der Waals surface area contributed by atoms with Gasteiger partial charge in [-0.3, -0.25) is 14.8 Å². The van der Waals surface area contributed by atoms with Crippen LogP contribution in [0.4, 0.5) is 16.2 Å². The third-order valence-electron chi connectivity index (χ3n) is 6.99. The molecule has 4 aliphatic heterocycles. The van der Waals surface area contributed by atoms with Gasteiger partial charge in [0.2, 0.25) is 0 Å². The van der Waals surface area contributed by atoms with Crippen LogP contribution in [0, 0.1) is 11.3 Å². The Kier molecular flexibility index (Phi) is 4.49. The Labute approximate surface area is 192 Å². The summed E-state index contributed by atoms with van der Waals surface area (Å²) >= 11 is 6.07. The number of amidine groups is 1. The summed E-state index contributed by atoms with van der Waals surface area (Å²) in [5.74, 6) is 1.06. The number of aromatic nitrogens is 1. The number of rotatable bonds is 4. The van der Waals surface area contributed by atoms with E-state index in [9.17, 15) is 4.79 Å². The third kappa shape index (κ3) is 3.10. The molecule has 8 heteroatoms. The first-order valence-corrected chi connectivity index (χ1v) is 11.5. The molecule has 1 aromatic heterocycles. The van der Waals surface area contributed by atoms with Gasteiger partial charge >= 0.3 is 6.03 Å². The van der Waals surface area contributed by atoms with Gasteiger partial charge in [0, 0.05) is 18.1 Å². The summed E-state index contributed by atoms with van der Waals surface area (Å²) in [4.78, 5) is 29.3. The summed E-state index contributed by atoms with van der Waals surface area (Å²) in [7, 11) is 0. The predicted molar refractivity (Wildman–Crippen MR) is 125 cm³/mol. The normalized spacial score (nSPS) is 23.1. The van der Waals surface area contributed by atoms with E-state index in [2.05, 4.69) is 24.8 Å². The van der Waals surface area contributed by atoms with E-state index in [0.29, 0.717) is 35.3 Å². The minimum absolute atomic E-state index is 0.0410. The molecule has 2 fully saturated rings. The first-order valence-electron chi connectivity index (χ1n) is 11.2. The SMILES string of the molecule is CC(C)C1CN2C(=O)N(Cc3ccc(Cl)cc3)c3cc(N4CC5(COC5)C4)cnc3C2=N1. The van der Waals surface area contributed by atoms with Crippen LogP contribution in [0.3, 0.4) is 0 Å². The molecule has 7 nitrogen and oxygen atoms in total. The van der Waals surface area contributed by atoms with E-state index in [1.165, 1.54) is 0 Å². The summed E-state index contributed by atoms with van der Waals surface area (Å²) in [6.45, 7) is 8.97. The van der Waals surface area contributed by atoms with Gasteiger partial charge in [-0.1, -0.05) is 37.6 Å². The number of hydrogen-bond donors (Lipinski definition) is 0. The predicted octanol–water partition coefficient (Wildman–Crippen LogP) is 3.80. The molecular weight excluding hydrogens is 426 g/mol. The van der Waals surface area contributed by atoms with Crippen molar-refractivity contribution in [2.75, 3.05) is 42.6 Å². The molecule has 0 N–H and O–H groups in total. The van der Waals surface area contributed by atoms with Crippen molar-refractivity contribution in [1.82, 2.24) is 9.88 Å². The second-order valence-corrected chi connectivity index (χ2v) is 10.2. The number of amides is 2. The minimum Gasteiger partial charge on any atom is -0.380 e. The van der Waals surface area contributed by atoms with Gasteiger partial charge in [-0.15, -0.1) is 0 Å². The first kappa shape index (κ1) is 20.0. The number of carbonyl (C=O) groups excluding carboxylic acids is 1. The number of urea groups is 1. The van der Waals surface area contributed by atoms with E-state index in [-0.39, 0.29) is 12.1 Å². The smallest absolute Gasteiger partial charge is 0.330 e. The van der Waals surface area contributed by atoms with Gasteiger partial charge in [-0.25, -0.2) is 9.78 Å². The molecule has 0 radical (unpaired) electrons. The van der Waals surface area contributed by atoms with Crippen molar-refractivity contribution < 1.29 is 9.53 Å². The van der Waals surface area contributed by atoms with Crippen molar-refractivity contribution in [3.8, 4) is 0 Å². The molecule has 2 aromatic rings. The van der Waals surface area contributed by atoms with Crippen LogP contribution in [0.5, 0.6) is 0 Å². The third-order valence-corrected chi connectivity index (χ3v) is 7.24. The van der Waals surface area contributed by atoms with Crippen molar-refractivity contribution in [3.63, 3.8) is 0 Å². The van der Waals surface area contributed by atoms with Gasteiger partial charge in [0.15, 0.2) is 5.84 Å². The molecule has 0 aliphatic carbocycles. The maximum absolute atomic E-state index is 13.6. The van der Waals surface area contributed by atoms with Gasteiger partial charge in [-0.05, 0) is 29.7 Å². The van der Waals surface area contributed by atoms with E-state index in [0.717, 1.165) is 48.9 Å². The van der Waals surface area contributed by atoms with Crippen LogP contribution in [-0.4, -0.2) is 60.6 Å². The monoisotopic (exact) mass is 451 g/mol. The standard InChI is InChI=1S/C24H26ClN5O2/c1-15(2)19-10-30-22(27-19)21-20(29(23(30)31)9-16-3-5-17(25)6-4-16)7-18(8-26-21)28-11-24(12-28)13-32-14-24/h3-8,15,19H,9-14H2,1-2H3. The Balaban J connectivity index is 1.38. The summed E-state index contributed by atoms with van der Waals surface area (Å²) in [6, 6.07) is 9.80. The Morgan fingerprint density at radius 2 is 1.97 bits per heavy atom. The molecule has 1 atom stereocenters. The van der Waals surface area contributed by atoms with Crippen molar-refractivity contribution in [2.24, 2.45) is 16.3 Å². The number of fused-ring (bicyclic) bond motifs is 3. The summed E-state index contributed by atoms with van der Waals surface area (Å²) < 4.78 is 5.41. The molecule has 1 aromatic carbocycles. The lowest BCUT2D eigenvalue weighted by molar-refractivity contribution is -0.127. The maximum atomic E-state index is 13.6. The van der Waals surface area contributed by atoms with Gasteiger partial charge in [0.1, 0.15) is 5.69 Å². The van der Waals surface area contributed by atoms with E-state index in [4.69, 9.17) is 26.3 Å². The van der Waals surface area contributed by atoms with Crippen LogP contribution >= 0.6 is 11.6 Å². The van der Waals surface area contributed by atoms with Crippen molar-refractivity contribution >= 4 is 34.8 Å². The molecule has 2 saturated heterocycles. The molecule has 0 saturated carbocycles. The van der Waals surface area contributed by atoms with Crippen LogP contribution in [0.1, 0.15) is 25.1 Å². The second kappa shape index (κ2) is 7.18. The highest BCUT2D eigenvalue weighted by atomic mass is 35.5. The summed E-state index contributed by atoms with van der Waals surface area (Å²) in [6.07, 6.45) is 1.92. The summed E-state index contributed by atoms with van der Waals surface area (Å²) in [5.41, 5.74) is 3.99. The number of halogens is 1. The largest absolute Gasteiger partial charge is 0.380 e. The maximum Gasteiger partial charge on any atom is 0.330 e. The number of ether oxygens (including phenoxy) is 1. The number of benzene rings is 1. The van der Waals surface area contributed by atoms with Crippen LogP contribution in [0.25, 0.3) is 0 Å². The number of aliphatic imine (C=N–C) groups is 1. The molecule has 5 heterocycles. The highest BCUT2D eigenvalue weighted by Crippen LogP contribution is 2.42. The fourth-order valence-corrected chi connectivity index (χ4v) is 5.07. The van der Waals surface area contributed by atoms with E-state index in [1.807, 2.05) is 35.4 Å². The van der Waals surface area contributed by atoms with Crippen LogP contribution in [0.15, 0.2) is 41.5 Å². The van der Waals surface area contributed by atoms with Crippen LogP contribution in [-0.2, 0) is 11.3 Å². The van der Waals surface area contributed by atoms with Gasteiger partial charge < -0.3 is 9.64 Å². The Hall–Kier alpha value is -2.64. The Bertz CT molecular complexity index is 1100. The number of anilines is 2. The minimum atomic E-state index is -0.0410. The molecule has 32 heavy (non-hydrogen) atoms. The molecular formula is C24H26ClN5O2. The van der Waals surface area contributed by atoms with Crippen molar-refractivity contribution in [1.29, 1.82) is 0 Å². The van der Waals surface area contributed by atoms with Gasteiger partial charge in [-0.2, -0.15) is 0 Å². The molecule has 6 rings (SSSR count). The van der Waals surface area contributed by atoms with E-state index >= 15 is 0 Å². The van der Waals surface area contributed by atoms with Crippen molar-refractivity contribution in [3.05, 3.63) is 52.8 Å². The molecule has 0 bridgehead atoms. The summed E-state index contributed by atoms with van der Waals surface area (Å²) in [5, 5.41) is 0.684. The lowest BCUT2D eigenvalue weighted by Crippen LogP contribution is -2.66. The lowest BCUT2D eigenvalue weighted by atomic mass is 9.78. The molecule has 166 valence electrons. The Morgan fingerprint density at radius 1 is 1.22 bits per heavy atom. The quantitative estimate of drug-likeness (QED) is 0.709.